The number of likely N-dealkylation sites (tertiary alicyclic amines) is 1. The van der Waals surface area contributed by atoms with Gasteiger partial charge in [-0.15, -0.1) is 11.3 Å². The molecule has 0 saturated carbocycles. The number of thiophene rings is 1. The average molecular weight is 323 g/mol. The van der Waals surface area contributed by atoms with Crippen LogP contribution in [-0.4, -0.2) is 62.8 Å². The monoisotopic (exact) mass is 323 g/mol. The molecule has 0 unspecified atom stereocenters. The van der Waals surface area contributed by atoms with E-state index in [4.69, 9.17) is 4.74 Å². The molecule has 0 radical (unpaired) electrons. The van der Waals surface area contributed by atoms with Gasteiger partial charge in [-0.3, -0.25) is 4.90 Å². The highest BCUT2D eigenvalue weighted by Gasteiger charge is 2.50. The van der Waals surface area contributed by atoms with Gasteiger partial charge >= 0.3 is 6.03 Å². The molecule has 5 nitrogen and oxygen atoms in total. The first-order valence-corrected chi connectivity index (χ1v) is 8.61. The minimum absolute atomic E-state index is 0.0210. The summed E-state index contributed by atoms with van der Waals surface area (Å²) in [5, 5.41) is 3.06. The van der Waals surface area contributed by atoms with Crippen LogP contribution in [0.15, 0.2) is 12.1 Å². The van der Waals surface area contributed by atoms with Gasteiger partial charge in [-0.05, 0) is 19.1 Å². The van der Waals surface area contributed by atoms with E-state index in [1.807, 2.05) is 11.3 Å². The molecular weight excluding hydrogens is 298 g/mol. The summed E-state index contributed by atoms with van der Waals surface area (Å²) >= 11 is 1.87. The predicted molar refractivity (Wildman–Crippen MR) is 88.2 cm³/mol. The van der Waals surface area contributed by atoms with Crippen molar-refractivity contribution in [2.45, 2.75) is 13.5 Å². The van der Waals surface area contributed by atoms with Gasteiger partial charge in [0.1, 0.15) is 0 Å². The lowest BCUT2D eigenvalue weighted by Crippen LogP contribution is -2.45. The Morgan fingerprint density at radius 3 is 3.05 bits per heavy atom. The first kappa shape index (κ1) is 15.8. The number of hydrogen-bond donors (Lipinski definition) is 1. The predicted octanol–water partition coefficient (Wildman–Crippen LogP) is 1.78. The zero-order chi connectivity index (χ0) is 15.7. The van der Waals surface area contributed by atoms with Crippen molar-refractivity contribution in [3.8, 4) is 0 Å². The van der Waals surface area contributed by atoms with Crippen LogP contribution in [0.2, 0.25) is 0 Å². The van der Waals surface area contributed by atoms with E-state index in [1.165, 1.54) is 9.75 Å². The Balaban J connectivity index is 1.62. The topological polar surface area (TPSA) is 44.8 Å². The fraction of sp³-hybridized carbons (Fsp3) is 0.688. The smallest absolute Gasteiger partial charge is 0.316 e. The van der Waals surface area contributed by atoms with Crippen LogP contribution in [0, 0.1) is 18.3 Å². The lowest BCUT2D eigenvalue weighted by atomic mass is 9.81. The van der Waals surface area contributed by atoms with E-state index >= 15 is 0 Å². The number of ether oxygens (including phenoxy) is 1. The van der Waals surface area contributed by atoms with Crippen molar-refractivity contribution in [3.05, 3.63) is 21.9 Å². The number of carbonyl (C=O) groups excluding carboxylic acids is 1. The van der Waals surface area contributed by atoms with E-state index < -0.39 is 0 Å². The number of urea groups is 1. The van der Waals surface area contributed by atoms with E-state index in [1.54, 1.807) is 19.0 Å². The van der Waals surface area contributed by atoms with Gasteiger partial charge in [0.05, 0.1) is 13.2 Å². The summed E-state index contributed by atoms with van der Waals surface area (Å²) in [4.78, 5) is 18.7. The van der Waals surface area contributed by atoms with Gasteiger partial charge in [-0.25, -0.2) is 4.79 Å². The largest absolute Gasteiger partial charge is 0.380 e. The highest BCUT2D eigenvalue weighted by atomic mass is 32.1. The molecule has 22 heavy (non-hydrogen) atoms. The van der Waals surface area contributed by atoms with Gasteiger partial charge in [0, 0.05) is 61.4 Å². The fourth-order valence-corrected chi connectivity index (χ4v) is 4.45. The van der Waals surface area contributed by atoms with Crippen molar-refractivity contribution in [2.75, 3.05) is 46.9 Å². The van der Waals surface area contributed by atoms with E-state index in [-0.39, 0.29) is 11.4 Å². The molecule has 0 spiro atoms. The Morgan fingerprint density at radius 2 is 2.36 bits per heavy atom. The molecule has 2 aliphatic heterocycles. The third kappa shape index (κ3) is 3.14. The summed E-state index contributed by atoms with van der Waals surface area (Å²) in [5.41, 5.74) is 0.0813. The summed E-state index contributed by atoms with van der Waals surface area (Å²) in [7, 11) is 3.55. The number of nitrogens with zero attached hydrogens (tertiary/aromatic N) is 2. The number of amides is 2. The molecule has 0 aliphatic carbocycles. The molecule has 0 bridgehead atoms. The Morgan fingerprint density at radius 1 is 1.55 bits per heavy atom. The highest BCUT2D eigenvalue weighted by molar-refractivity contribution is 7.11. The second-order valence-corrected chi connectivity index (χ2v) is 8.18. The Kier molecular flexibility index (Phi) is 4.43. The molecule has 3 rings (SSSR count). The summed E-state index contributed by atoms with van der Waals surface area (Å²) in [6.07, 6.45) is 0. The van der Waals surface area contributed by atoms with Crippen molar-refractivity contribution >= 4 is 17.4 Å². The third-order valence-electron chi connectivity index (χ3n) is 4.76. The lowest BCUT2D eigenvalue weighted by Gasteiger charge is -2.28. The van der Waals surface area contributed by atoms with Crippen molar-refractivity contribution in [1.82, 2.24) is 15.1 Å². The quantitative estimate of drug-likeness (QED) is 0.918. The fourth-order valence-electron chi connectivity index (χ4n) is 3.51. The molecule has 2 fully saturated rings. The van der Waals surface area contributed by atoms with E-state index in [0.29, 0.717) is 12.5 Å². The summed E-state index contributed by atoms with van der Waals surface area (Å²) in [6, 6.07) is 4.39. The Hall–Kier alpha value is -1.11. The van der Waals surface area contributed by atoms with Crippen molar-refractivity contribution < 1.29 is 9.53 Å². The molecular formula is C16H25N3O2S. The summed E-state index contributed by atoms with van der Waals surface area (Å²) < 4.78 is 5.72. The van der Waals surface area contributed by atoms with Gasteiger partial charge in [-0.2, -0.15) is 0 Å². The molecule has 6 heteroatoms. The first-order chi connectivity index (χ1) is 10.5. The molecule has 2 atom stereocenters. The third-order valence-corrected chi connectivity index (χ3v) is 5.75. The maximum Gasteiger partial charge on any atom is 0.316 e. The minimum atomic E-state index is -0.0210. The maximum absolute atomic E-state index is 11.8. The molecule has 1 aromatic rings. The van der Waals surface area contributed by atoms with Crippen molar-refractivity contribution in [2.24, 2.45) is 11.3 Å². The second kappa shape index (κ2) is 6.18. The second-order valence-electron chi connectivity index (χ2n) is 6.81. The van der Waals surface area contributed by atoms with Crippen LogP contribution in [-0.2, 0) is 11.3 Å². The Labute approximate surface area is 136 Å². The van der Waals surface area contributed by atoms with Crippen LogP contribution in [0.4, 0.5) is 4.79 Å². The van der Waals surface area contributed by atoms with Gasteiger partial charge < -0.3 is 15.0 Å². The van der Waals surface area contributed by atoms with Crippen LogP contribution in [0.25, 0.3) is 0 Å². The van der Waals surface area contributed by atoms with E-state index in [9.17, 15) is 4.79 Å². The summed E-state index contributed by atoms with van der Waals surface area (Å²) in [5.74, 6) is 0.524. The average Bonchev–Trinajstić information content (AvgIpc) is 3.10. The van der Waals surface area contributed by atoms with Gasteiger partial charge in [0.2, 0.25) is 0 Å². The molecule has 1 aromatic heterocycles. The maximum atomic E-state index is 11.8. The van der Waals surface area contributed by atoms with Gasteiger partial charge in [0.15, 0.2) is 0 Å². The number of hydrogen-bond acceptors (Lipinski definition) is 4. The van der Waals surface area contributed by atoms with Crippen LogP contribution >= 0.6 is 11.3 Å². The number of fused-ring (bicyclic) bond motifs is 1. The van der Waals surface area contributed by atoms with Crippen molar-refractivity contribution in [1.29, 1.82) is 0 Å². The normalized spacial score (nSPS) is 27.9. The molecule has 1 N–H and O–H groups in total. The minimum Gasteiger partial charge on any atom is -0.380 e. The van der Waals surface area contributed by atoms with Crippen LogP contribution in [0.5, 0.6) is 0 Å². The number of aryl methyl sites for hydroxylation is 1. The van der Waals surface area contributed by atoms with E-state index in [0.717, 1.165) is 32.8 Å². The van der Waals surface area contributed by atoms with Gasteiger partial charge in [-0.1, -0.05) is 0 Å². The SMILES string of the molecule is Cc1ccc(CN2C[C@@H]3COC[C@]3(CNC(=O)N(C)C)C2)s1. The Bertz CT molecular complexity index is 545. The van der Waals surface area contributed by atoms with Crippen LogP contribution in [0.3, 0.4) is 0 Å². The number of carbonyl (C=O) groups is 1. The zero-order valence-corrected chi connectivity index (χ0v) is 14.4. The summed E-state index contributed by atoms with van der Waals surface area (Å²) in [6.45, 7) is 7.51. The van der Waals surface area contributed by atoms with Crippen LogP contribution in [0.1, 0.15) is 9.75 Å². The zero-order valence-electron chi connectivity index (χ0n) is 13.6. The lowest BCUT2D eigenvalue weighted by molar-refractivity contribution is 0.125. The van der Waals surface area contributed by atoms with Crippen molar-refractivity contribution in [3.63, 3.8) is 0 Å². The molecule has 2 aliphatic rings. The standard InChI is InChI=1S/C16H25N3O2S/c1-12-4-5-14(22-12)7-19-6-13-8-21-11-16(13,10-19)9-17-15(20)18(2)3/h4-5,13H,6-11H2,1-3H3,(H,17,20)/t13-,16+/m1/s1. The molecule has 3 heterocycles. The number of nitrogens with one attached hydrogen (secondary N) is 1. The molecule has 0 aromatic carbocycles. The van der Waals surface area contributed by atoms with Gasteiger partial charge in [0.25, 0.3) is 0 Å². The number of rotatable bonds is 4. The molecule has 2 amide bonds. The molecule has 2 saturated heterocycles. The van der Waals surface area contributed by atoms with Crippen LogP contribution < -0.4 is 5.32 Å². The molecule has 122 valence electrons. The highest BCUT2D eigenvalue weighted by Crippen LogP contribution is 2.41. The first-order valence-electron chi connectivity index (χ1n) is 7.79. The van der Waals surface area contributed by atoms with E-state index in [2.05, 4.69) is 29.3 Å².